The fourth-order valence-electron chi connectivity index (χ4n) is 1.73. The van der Waals surface area contributed by atoms with Crippen molar-refractivity contribution in [2.24, 2.45) is 0 Å². The first-order chi connectivity index (χ1) is 9.47. The molecule has 0 aliphatic heterocycles. The van der Waals surface area contributed by atoms with Crippen molar-refractivity contribution in [1.29, 1.82) is 0 Å². The molecule has 0 fully saturated rings. The van der Waals surface area contributed by atoms with E-state index in [-0.39, 0.29) is 17.2 Å². The first kappa shape index (κ1) is 14.0. The molecule has 0 saturated heterocycles. The molecule has 5 heteroatoms. The second-order valence-corrected chi connectivity index (χ2v) is 4.84. The third kappa shape index (κ3) is 3.12. The predicted molar refractivity (Wildman–Crippen MR) is 74.3 cm³/mol. The van der Waals surface area contributed by atoms with Gasteiger partial charge in [0, 0.05) is 6.07 Å². The lowest BCUT2D eigenvalue weighted by Gasteiger charge is -2.10. The van der Waals surface area contributed by atoms with Crippen LogP contribution in [0.2, 0.25) is 0 Å². The molecule has 0 aliphatic rings. The molecule has 0 bridgehead atoms. The molecule has 2 rings (SSSR count). The van der Waals surface area contributed by atoms with Gasteiger partial charge in [-0.1, -0.05) is 19.9 Å². The summed E-state index contributed by atoms with van der Waals surface area (Å²) in [5, 5.41) is 9.16. The highest BCUT2D eigenvalue weighted by molar-refractivity contribution is 5.91. The molecule has 0 saturated carbocycles. The van der Waals surface area contributed by atoms with Crippen LogP contribution in [-0.2, 0) is 0 Å². The molecular weight excluding hydrogens is 256 g/mol. The molecule has 0 radical (unpaired) electrons. The summed E-state index contributed by atoms with van der Waals surface area (Å²) in [6, 6.07) is 6.66. The van der Waals surface area contributed by atoms with Gasteiger partial charge in [-0.25, -0.2) is 14.8 Å². The van der Waals surface area contributed by atoms with Crippen molar-refractivity contribution >= 4 is 5.97 Å². The summed E-state index contributed by atoms with van der Waals surface area (Å²) in [7, 11) is 0. The Morgan fingerprint density at radius 3 is 2.65 bits per heavy atom. The van der Waals surface area contributed by atoms with Crippen molar-refractivity contribution < 1.29 is 14.6 Å². The average molecular weight is 272 g/mol. The van der Waals surface area contributed by atoms with E-state index in [0.29, 0.717) is 5.88 Å². The number of rotatable bonds is 4. The van der Waals surface area contributed by atoms with Gasteiger partial charge in [-0.15, -0.1) is 0 Å². The number of carboxylic acid groups (broad SMARTS) is 1. The number of carboxylic acids is 1. The SMILES string of the molecule is Cc1ccc(C(=O)O)c(Oc2cc(C(C)C)ncn2)c1. The van der Waals surface area contributed by atoms with E-state index < -0.39 is 5.97 Å². The third-order valence-corrected chi connectivity index (χ3v) is 2.84. The minimum atomic E-state index is -1.03. The first-order valence-electron chi connectivity index (χ1n) is 6.31. The molecule has 1 aromatic heterocycles. The van der Waals surface area contributed by atoms with E-state index in [1.807, 2.05) is 20.8 Å². The summed E-state index contributed by atoms with van der Waals surface area (Å²) in [4.78, 5) is 19.4. The van der Waals surface area contributed by atoms with Crippen molar-refractivity contribution in [1.82, 2.24) is 9.97 Å². The van der Waals surface area contributed by atoms with E-state index in [2.05, 4.69) is 9.97 Å². The summed E-state index contributed by atoms with van der Waals surface area (Å²) >= 11 is 0. The minimum absolute atomic E-state index is 0.111. The molecule has 1 aromatic carbocycles. The number of hydrogen-bond donors (Lipinski definition) is 1. The predicted octanol–water partition coefficient (Wildman–Crippen LogP) is 3.40. The molecule has 5 nitrogen and oxygen atoms in total. The van der Waals surface area contributed by atoms with Crippen LogP contribution in [0.4, 0.5) is 0 Å². The van der Waals surface area contributed by atoms with Crippen LogP contribution in [-0.4, -0.2) is 21.0 Å². The van der Waals surface area contributed by atoms with Crippen LogP contribution in [0.15, 0.2) is 30.6 Å². The van der Waals surface area contributed by atoms with Crippen LogP contribution < -0.4 is 4.74 Å². The second-order valence-electron chi connectivity index (χ2n) is 4.84. The topological polar surface area (TPSA) is 72.3 Å². The molecule has 2 aromatic rings. The molecule has 0 atom stereocenters. The van der Waals surface area contributed by atoms with Gasteiger partial charge in [0.05, 0.1) is 5.69 Å². The lowest BCUT2D eigenvalue weighted by molar-refractivity contribution is 0.0694. The molecule has 1 N–H and O–H groups in total. The fraction of sp³-hybridized carbons (Fsp3) is 0.267. The average Bonchev–Trinajstić information content (AvgIpc) is 2.38. The van der Waals surface area contributed by atoms with E-state index in [4.69, 9.17) is 9.84 Å². The number of ether oxygens (including phenoxy) is 1. The Bertz CT molecular complexity index is 639. The lowest BCUT2D eigenvalue weighted by atomic mass is 10.1. The Morgan fingerprint density at radius 2 is 2.00 bits per heavy atom. The normalized spacial score (nSPS) is 10.6. The zero-order valence-electron chi connectivity index (χ0n) is 11.6. The Balaban J connectivity index is 2.36. The Kier molecular flexibility index (Phi) is 3.98. The van der Waals surface area contributed by atoms with Crippen LogP contribution in [0.25, 0.3) is 0 Å². The molecule has 1 heterocycles. The highest BCUT2D eigenvalue weighted by Crippen LogP contribution is 2.26. The van der Waals surface area contributed by atoms with Gasteiger partial charge in [0.15, 0.2) is 0 Å². The maximum atomic E-state index is 11.2. The Morgan fingerprint density at radius 1 is 1.25 bits per heavy atom. The third-order valence-electron chi connectivity index (χ3n) is 2.84. The van der Waals surface area contributed by atoms with Gasteiger partial charge in [-0.05, 0) is 30.5 Å². The summed E-state index contributed by atoms with van der Waals surface area (Å²) in [6.07, 6.45) is 1.42. The van der Waals surface area contributed by atoms with Gasteiger partial charge >= 0.3 is 5.97 Å². The van der Waals surface area contributed by atoms with Gasteiger partial charge in [0.1, 0.15) is 17.6 Å². The van der Waals surface area contributed by atoms with Crippen molar-refractivity contribution in [2.45, 2.75) is 26.7 Å². The highest BCUT2D eigenvalue weighted by Gasteiger charge is 2.13. The summed E-state index contributed by atoms with van der Waals surface area (Å²) in [5.74, 6) is -0.155. The van der Waals surface area contributed by atoms with Crippen LogP contribution in [0.5, 0.6) is 11.6 Å². The van der Waals surface area contributed by atoms with Crippen molar-refractivity contribution in [2.75, 3.05) is 0 Å². The number of aryl methyl sites for hydroxylation is 1. The molecule has 20 heavy (non-hydrogen) atoms. The highest BCUT2D eigenvalue weighted by atomic mass is 16.5. The molecule has 104 valence electrons. The number of hydrogen-bond acceptors (Lipinski definition) is 4. The summed E-state index contributed by atoms with van der Waals surface area (Å²) in [6.45, 7) is 5.90. The minimum Gasteiger partial charge on any atom is -0.478 e. The largest absolute Gasteiger partial charge is 0.478 e. The van der Waals surface area contributed by atoms with Crippen LogP contribution in [0.3, 0.4) is 0 Å². The lowest BCUT2D eigenvalue weighted by Crippen LogP contribution is -2.02. The molecule has 0 unspecified atom stereocenters. The monoisotopic (exact) mass is 272 g/mol. The molecule has 0 aliphatic carbocycles. The maximum absolute atomic E-state index is 11.2. The number of aromatic carboxylic acids is 1. The van der Waals surface area contributed by atoms with Gasteiger partial charge in [0.25, 0.3) is 0 Å². The second kappa shape index (κ2) is 5.69. The van der Waals surface area contributed by atoms with E-state index in [1.165, 1.54) is 12.4 Å². The van der Waals surface area contributed by atoms with Gasteiger partial charge in [-0.3, -0.25) is 0 Å². The number of carbonyl (C=O) groups is 1. The summed E-state index contributed by atoms with van der Waals surface area (Å²) < 4.78 is 5.61. The number of aromatic nitrogens is 2. The van der Waals surface area contributed by atoms with Gasteiger partial charge in [-0.2, -0.15) is 0 Å². The molecule has 0 spiro atoms. The smallest absolute Gasteiger partial charge is 0.339 e. The summed E-state index contributed by atoms with van der Waals surface area (Å²) in [5.41, 5.74) is 1.88. The van der Waals surface area contributed by atoms with Crippen molar-refractivity contribution in [3.8, 4) is 11.6 Å². The van der Waals surface area contributed by atoms with E-state index in [1.54, 1.807) is 18.2 Å². The van der Waals surface area contributed by atoms with Crippen LogP contribution in [0, 0.1) is 6.92 Å². The van der Waals surface area contributed by atoms with Crippen LogP contribution >= 0.6 is 0 Å². The van der Waals surface area contributed by atoms with Gasteiger partial charge in [0.2, 0.25) is 5.88 Å². The van der Waals surface area contributed by atoms with Crippen LogP contribution in [0.1, 0.15) is 41.4 Å². The first-order valence-corrected chi connectivity index (χ1v) is 6.31. The quantitative estimate of drug-likeness (QED) is 0.923. The Labute approximate surface area is 117 Å². The zero-order chi connectivity index (χ0) is 14.7. The van der Waals surface area contributed by atoms with E-state index in [9.17, 15) is 4.79 Å². The van der Waals surface area contributed by atoms with E-state index >= 15 is 0 Å². The van der Waals surface area contributed by atoms with Crippen molar-refractivity contribution in [3.63, 3.8) is 0 Å². The molecule has 0 amide bonds. The zero-order valence-corrected chi connectivity index (χ0v) is 11.6. The van der Waals surface area contributed by atoms with E-state index in [0.717, 1.165) is 11.3 Å². The number of nitrogens with zero attached hydrogens (tertiary/aromatic N) is 2. The van der Waals surface area contributed by atoms with Crippen molar-refractivity contribution in [3.05, 3.63) is 47.4 Å². The maximum Gasteiger partial charge on any atom is 0.339 e. The fourth-order valence-corrected chi connectivity index (χ4v) is 1.73. The van der Waals surface area contributed by atoms with Gasteiger partial charge < -0.3 is 9.84 Å². The number of benzene rings is 1. The Hall–Kier alpha value is -2.43. The molecular formula is C15H16N2O3. The standard InChI is InChI=1S/C15H16N2O3/c1-9(2)12-7-14(17-8-16-12)20-13-6-10(3)4-5-11(13)15(18)19/h4-9H,1-3H3,(H,18,19).